The van der Waals surface area contributed by atoms with Gasteiger partial charge in [0.05, 0.1) is 0 Å². The van der Waals surface area contributed by atoms with Crippen LogP contribution in [0.4, 0.5) is 6.01 Å². The molecule has 0 aliphatic carbocycles. The maximum atomic E-state index is 10.6. The zero-order valence-electron chi connectivity index (χ0n) is 8.80. The smallest absolute Gasteiger partial charge is 0.357 e. The lowest BCUT2D eigenvalue weighted by molar-refractivity contribution is 0.0690. The van der Waals surface area contributed by atoms with Gasteiger partial charge in [-0.05, 0) is 11.8 Å². The van der Waals surface area contributed by atoms with Gasteiger partial charge in [-0.3, -0.25) is 0 Å². The fourth-order valence-corrected chi connectivity index (χ4v) is 1.79. The van der Waals surface area contributed by atoms with Crippen LogP contribution in [0.5, 0.6) is 0 Å². The largest absolute Gasteiger partial charge is 0.476 e. The fraction of sp³-hybridized carbons (Fsp3) is 0.600. The normalized spacial score (nSPS) is 25.9. The molecular weight excluding hydrogens is 196 g/mol. The topological polar surface area (TPSA) is 66.6 Å². The first-order valence-electron chi connectivity index (χ1n) is 5.01. The van der Waals surface area contributed by atoms with Gasteiger partial charge in [0, 0.05) is 13.1 Å². The number of carboxylic acids is 1. The third kappa shape index (κ3) is 1.82. The molecule has 1 aliphatic rings. The molecule has 0 bridgehead atoms. The lowest BCUT2D eigenvalue weighted by Crippen LogP contribution is -2.20. The van der Waals surface area contributed by atoms with Crippen molar-refractivity contribution in [2.24, 2.45) is 11.8 Å². The summed E-state index contributed by atoms with van der Waals surface area (Å²) in [7, 11) is 0. The van der Waals surface area contributed by atoms with Crippen LogP contribution >= 0.6 is 0 Å². The Morgan fingerprint density at radius 3 is 2.60 bits per heavy atom. The molecule has 1 fully saturated rings. The molecular formula is C10H14N2O3. The number of carbonyl (C=O) groups is 1. The SMILES string of the molecule is CC1CN(c2nc(C(=O)O)co2)CC1C. The van der Waals surface area contributed by atoms with Gasteiger partial charge in [0.1, 0.15) is 6.26 Å². The maximum absolute atomic E-state index is 10.6. The van der Waals surface area contributed by atoms with Gasteiger partial charge in [0.15, 0.2) is 5.69 Å². The molecule has 1 aromatic heterocycles. The van der Waals surface area contributed by atoms with Gasteiger partial charge in [0.25, 0.3) is 6.01 Å². The van der Waals surface area contributed by atoms with E-state index in [2.05, 4.69) is 18.8 Å². The highest BCUT2D eigenvalue weighted by atomic mass is 16.4. The highest BCUT2D eigenvalue weighted by Gasteiger charge is 2.29. The van der Waals surface area contributed by atoms with Gasteiger partial charge in [-0.15, -0.1) is 0 Å². The molecule has 0 spiro atoms. The van der Waals surface area contributed by atoms with Crippen LogP contribution in [0.2, 0.25) is 0 Å². The monoisotopic (exact) mass is 210 g/mol. The lowest BCUT2D eigenvalue weighted by Gasteiger charge is -2.11. The first-order chi connectivity index (χ1) is 7.08. The number of aromatic carboxylic acids is 1. The van der Waals surface area contributed by atoms with Crippen LogP contribution in [0, 0.1) is 11.8 Å². The summed E-state index contributed by atoms with van der Waals surface area (Å²) in [6.45, 7) is 6.10. The number of oxazole rings is 1. The van der Waals surface area contributed by atoms with E-state index >= 15 is 0 Å². The summed E-state index contributed by atoms with van der Waals surface area (Å²) in [6, 6.07) is 0.420. The molecule has 1 aliphatic heterocycles. The van der Waals surface area contributed by atoms with Crippen molar-refractivity contribution in [3.05, 3.63) is 12.0 Å². The fourth-order valence-electron chi connectivity index (χ4n) is 1.79. The minimum absolute atomic E-state index is 0.0304. The Kier molecular flexibility index (Phi) is 2.38. The van der Waals surface area contributed by atoms with Crippen molar-refractivity contribution in [1.82, 2.24) is 4.98 Å². The molecule has 2 atom stereocenters. The molecule has 1 aromatic rings. The molecule has 0 radical (unpaired) electrons. The second-order valence-corrected chi connectivity index (χ2v) is 4.18. The molecule has 2 unspecified atom stereocenters. The maximum Gasteiger partial charge on any atom is 0.357 e. The summed E-state index contributed by atoms with van der Waals surface area (Å²) in [5.74, 6) is 0.126. The summed E-state index contributed by atoms with van der Waals surface area (Å²) < 4.78 is 5.14. The van der Waals surface area contributed by atoms with E-state index < -0.39 is 5.97 Å². The Bertz CT molecular complexity index is 364. The number of anilines is 1. The van der Waals surface area contributed by atoms with E-state index in [1.807, 2.05) is 4.90 Å². The zero-order chi connectivity index (χ0) is 11.0. The third-order valence-electron chi connectivity index (χ3n) is 2.97. The van der Waals surface area contributed by atoms with E-state index in [1.54, 1.807) is 0 Å². The van der Waals surface area contributed by atoms with Crippen molar-refractivity contribution in [1.29, 1.82) is 0 Å². The molecule has 82 valence electrons. The van der Waals surface area contributed by atoms with Crippen LogP contribution < -0.4 is 4.90 Å². The van der Waals surface area contributed by atoms with Gasteiger partial charge in [0.2, 0.25) is 0 Å². The summed E-state index contributed by atoms with van der Waals surface area (Å²) in [6.07, 6.45) is 1.19. The summed E-state index contributed by atoms with van der Waals surface area (Å²) in [5, 5.41) is 8.70. The standard InChI is InChI=1S/C10H14N2O3/c1-6-3-12(4-7(6)2)10-11-8(5-15-10)9(13)14/h5-7H,3-4H2,1-2H3,(H,13,14). The van der Waals surface area contributed by atoms with Crippen molar-refractivity contribution >= 4 is 12.0 Å². The molecule has 15 heavy (non-hydrogen) atoms. The van der Waals surface area contributed by atoms with Gasteiger partial charge >= 0.3 is 5.97 Å². The molecule has 0 amide bonds. The molecule has 0 saturated carbocycles. The lowest BCUT2D eigenvalue weighted by atomic mass is 10.0. The molecule has 2 heterocycles. The predicted molar refractivity (Wildman–Crippen MR) is 54.0 cm³/mol. The first-order valence-corrected chi connectivity index (χ1v) is 5.01. The van der Waals surface area contributed by atoms with Gasteiger partial charge in [-0.25, -0.2) is 4.79 Å². The van der Waals surface area contributed by atoms with Gasteiger partial charge in [-0.1, -0.05) is 13.8 Å². The number of nitrogens with zero attached hydrogens (tertiary/aromatic N) is 2. The van der Waals surface area contributed by atoms with Crippen LogP contribution in [0.3, 0.4) is 0 Å². The van der Waals surface area contributed by atoms with Crippen LogP contribution in [0.15, 0.2) is 10.7 Å². The number of rotatable bonds is 2. The average molecular weight is 210 g/mol. The van der Waals surface area contributed by atoms with Gasteiger partial charge in [-0.2, -0.15) is 4.98 Å². The summed E-state index contributed by atoms with van der Waals surface area (Å²) in [4.78, 5) is 16.5. The van der Waals surface area contributed by atoms with E-state index in [4.69, 9.17) is 9.52 Å². The highest BCUT2D eigenvalue weighted by Crippen LogP contribution is 2.26. The molecule has 2 rings (SSSR count). The Hall–Kier alpha value is -1.52. The Morgan fingerprint density at radius 1 is 1.53 bits per heavy atom. The minimum Gasteiger partial charge on any atom is -0.476 e. The second-order valence-electron chi connectivity index (χ2n) is 4.18. The first kappa shape index (κ1) is 10.0. The quantitative estimate of drug-likeness (QED) is 0.800. The van der Waals surface area contributed by atoms with E-state index in [-0.39, 0.29) is 5.69 Å². The molecule has 5 heteroatoms. The van der Waals surface area contributed by atoms with Crippen molar-refractivity contribution < 1.29 is 14.3 Å². The molecule has 1 N–H and O–H groups in total. The van der Waals surface area contributed by atoms with Gasteiger partial charge < -0.3 is 14.4 Å². The van der Waals surface area contributed by atoms with Crippen molar-refractivity contribution in [2.75, 3.05) is 18.0 Å². The van der Waals surface area contributed by atoms with Crippen molar-refractivity contribution in [2.45, 2.75) is 13.8 Å². The summed E-state index contributed by atoms with van der Waals surface area (Å²) >= 11 is 0. The molecule has 0 aromatic carbocycles. The highest BCUT2D eigenvalue weighted by molar-refractivity contribution is 5.85. The number of hydrogen-bond donors (Lipinski definition) is 1. The number of aromatic nitrogens is 1. The average Bonchev–Trinajstić information content (AvgIpc) is 2.74. The van der Waals surface area contributed by atoms with E-state index in [0.29, 0.717) is 17.9 Å². The minimum atomic E-state index is -1.05. The molecule has 1 saturated heterocycles. The number of carboxylic acid groups (broad SMARTS) is 1. The second kappa shape index (κ2) is 3.56. The Labute approximate surface area is 87.7 Å². The number of hydrogen-bond acceptors (Lipinski definition) is 4. The van der Waals surface area contributed by atoms with E-state index in [0.717, 1.165) is 13.1 Å². The van der Waals surface area contributed by atoms with Crippen LogP contribution in [-0.2, 0) is 0 Å². The van der Waals surface area contributed by atoms with Crippen molar-refractivity contribution in [3.8, 4) is 0 Å². The molecule has 5 nitrogen and oxygen atoms in total. The van der Waals surface area contributed by atoms with Crippen LogP contribution in [0.1, 0.15) is 24.3 Å². The van der Waals surface area contributed by atoms with Crippen LogP contribution in [-0.4, -0.2) is 29.1 Å². The summed E-state index contributed by atoms with van der Waals surface area (Å²) in [5.41, 5.74) is -0.0304. The van der Waals surface area contributed by atoms with Crippen LogP contribution in [0.25, 0.3) is 0 Å². The third-order valence-corrected chi connectivity index (χ3v) is 2.97. The van der Waals surface area contributed by atoms with Crippen molar-refractivity contribution in [3.63, 3.8) is 0 Å². The Balaban J connectivity index is 2.14. The predicted octanol–water partition coefficient (Wildman–Crippen LogP) is 1.46. The van der Waals surface area contributed by atoms with E-state index in [1.165, 1.54) is 6.26 Å². The van der Waals surface area contributed by atoms with E-state index in [9.17, 15) is 4.79 Å². The zero-order valence-corrected chi connectivity index (χ0v) is 8.80. The Morgan fingerprint density at radius 2 is 2.13 bits per heavy atom.